The van der Waals surface area contributed by atoms with Crippen molar-refractivity contribution in [2.45, 2.75) is 12.8 Å². The maximum atomic E-state index is 13.1. The van der Waals surface area contributed by atoms with E-state index in [0.29, 0.717) is 5.56 Å². The number of rotatable bonds is 2. The summed E-state index contributed by atoms with van der Waals surface area (Å²) in [5, 5.41) is 0. The van der Waals surface area contributed by atoms with Crippen molar-refractivity contribution in [3.8, 4) is 0 Å². The molecule has 0 fully saturated rings. The third kappa shape index (κ3) is 1.55. The fourth-order valence-electron chi connectivity index (χ4n) is 1.20. The van der Waals surface area contributed by atoms with Gasteiger partial charge in [0.1, 0.15) is 5.82 Å². The van der Waals surface area contributed by atoms with Crippen molar-refractivity contribution < 1.29 is 4.39 Å². The van der Waals surface area contributed by atoms with E-state index < -0.39 is 0 Å². The molecule has 0 aliphatic carbocycles. The van der Waals surface area contributed by atoms with E-state index >= 15 is 0 Å². The predicted molar refractivity (Wildman–Crippen MR) is 50.3 cm³/mol. The van der Waals surface area contributed by atoms with Crippen molar-refractivity contribution in [2.24, 2.45) is 0 Å². The van der Waals surface area contributed by atoms with E-state index in [9.17, 15) is 4.39 Å². The minimum absolute atomic E-state index is 0.0914. The van der Waals surface area contributed by atoms with E-state index in [-0.39, 0.29) is 11.7 Å². The van der Waals surface area contributed by atoms with Crippen LogP contribution < -0.4 is 0 Å². The summed E-state index contributed by atoms with van der Waals surface area (Å²) in [5.41, 5.74) is 1.48. The van der Waals surface area contributed by atoms with Crippen LogP contribution in [-0.4, -0.2) is 0 Å². The Morgan fingerprint density at radius 1 is 1.50 bits per heavy atom. The predicted octanol–water partition coefficient (Wildman–Crippen LogP) is 3.41. The summed E-state index contributed by atoms with van der Waals surface area (Å²) in [4.78, 5) is 0. The summed E-state index contributed by atoms with van der Waals surface area (Å²) in [5.74, 6) is -0.133. The van der Waals surface area contributed by atoms with Crippen LogP contribution in [0.25, 0.3) is 6.08 Å². The van der Waals surface area contributed by atoms with Crippen LogP contribution >= 0.6 is 0 Å². The highest BCUT2D eigenvalue weighted by molar-refractivity contribution is 5.53. The molecular formula is C11H12F. The lowest BCUT2D eigenvalue weighted by atomic mass is 9.97. The van der Waals surface area contributed by atoms with Crippen LogP contribution in [-0.2, 0) is 0 Å². The molecule has 1 radical (unpaired) electrons. The third-order valence-corrected chi connectivity index (χ3v) is 1.82. The molecular weight excluding hydrogens is 151 g/mol. The fraction of sp³-hybridized carbons (Fsp3) is 0.182. The van der Waals surface area contributed by atoms with Crippen LogP contribution in [0, 0.1) is 12.7 Å². The molecule has 0 nitrogen and oxygen atoms in total. The van der Waals surface area contributed by atoms with Gasteiger partial charge in [-0.3, -0.25) is 0 Å². The molecule has 1 rings (SSSR count). The van der Waals surface area contributed by atoms with Gasteiger partial charge < -0.3 is 0 Å². The normalized spacial score (nSPS) is 10.3. The van der Waals surface area contributed by atoms with E-state index in [4.69, 9.17) is 0 Å². The molecule has 0 bridgehead atoms. The van der Waals surface area contributed by atoms with Gasteiger partial charge in [-0.2, -0.15) is 0 Å². The Morgan fingerprint density at radius 2 is 2.17 bits per heavy atom. The number of hydrogen-bond acceptors (Lipinski definition) is 0. The monoisotopic (exact) mass is 163 g/mol. The first kappa shape index (κ1) is 8.98. The highest BCUT2D eigenvalue weighted by Gasteiger charge is 2.07. The SMILES string of the molecule is [CH2]C(C)c1cccc(F)c1C=C. The molecule has 0 spiro atoms. The van der Waals surface area contributed by atoms with Crippen molar-refractivity contribution in [3.05, 3.63) is 48.6 Å². The van der Waals surface area contributed by atoms with Gasteiger partial charge in [0.2, 0.25) is 0 Å². The van der Waals surface area contributed by atoms with E-state index in [1.54, 1.807) is 6.07 Å². The molecule has 0 saturated carbocycles. The molecule has 0 aromatic heterocycles. The van der Waals surface area contributed by atoms with Crippen molar-refractivity contribution in [1.82, 2.24) is 0 Å². The van der Waals surface area contributed by atoms with Crippen molar-refractivity contribution >= 4 is 6.08 Å². The highest BCUT2D eigenvalue weighted by Crippen LogP contribution is 2.22. The van der Waals surface area contributed by atoms with Crippen molar-refractivity contribution in [3.63, 3.8) is 0 Å². The molecule has 12 heavy (non-hydrogen) atoms. The fourth-order valence-corrected chi connectivity index (χ4v) is 1.20. The zero-order valence-electron chi connectivity index (χ0n) is 7.18. The quantitative estimate of drug-likeness (QED) is 0.626. The second-order valence-electron chi connectivity index (χ2n) is 2.85. The Morgan fingerprint density at radius 3 is 2.58 bits per heavy atom. The lowest BCUT2D eigenvalue weighted by Gasteiger charge is -2.09. The van der Waals surface area contributed by atoms with Crippen LogP contribution in [0.4, 0.5) is 4.39 Å². The molecule has 0 heterocycles. The lowest BCUT2D eigenvalue weighted by Crippen LogP contribution is -1.94. The summed E-state index contributed by atoms with van der Waals surface area (Å²) in [7, 11) is 0. The lowest BCUT2D eigenvalue weighted by molar-refractivity contribution is 0.621. The first-order valence-corrected chi connectivity index (χ1v) is 3.90. The first-order valence-electron chi connectivity index (χ1n) is 3.90. The van der Waals surface area contributed by atoms with Gasteiger partial charge in [0.25, 0.3) is 0 Å². The molecule has 0 aliphatic rings. The Kier molecular flexibility index (Phi) is 2.64. The van der Waals surface area contributed by atoms with Crippen LogP contribution in [0.5, 0.6) is 0 Å². The number of benzene rings is 1. The smallest absolute Gasteiger partial charge is 0.130 e. The van der Waals surface area contributed by atoms with E-state index in [0.717, 1.165) is 5.56 Å². The highest BCUT2D eigenvalue weighted by atomic mass is 19.1. The van der Waals surface area contributed by atoms with Crippen LogP contribution in [0.2, 0.25) is 0 Å². The zero-order valence-corrected chi connectivity index (χ0v) is 7.18. The second-order valence-corrected chi connectivity index (χ2v) is 2.85. The van der Waals surface area contributed by atoms with Gasteiger partial charge in [-0.15, -0.1) is 0 Å². The van der Waals surface area contributed by atoms with Crippen molar-refractivity contribution in [1.29, 1.82) is 0 Å². The molecule has 0 N–H and O–H groups in total. The van der Waals surface area contributed by atoms with Gasteiger partial charge in [0, 0.05) is 5.56 Å². The molecule has 0 aliphatic heterocycles. The average Bonchev–Trinajstić information content (AvgIpc) is 2.03. The van der Waals surface area contributed by atoms with E-state index in [1.807, 2.05) is 13.0 Å². The molecule has 0 amide bonds. The van der Waals surface area contributed by atoms with Gasteiger partial charge in [-0.1, -0.05) is 31.7 Å². The number of hydrogen-bond donors (Lipinski definition) is 0. The average molecular weight is 163 g/mol. The summed E-state index contributed by atoms with van der Waals surface area (Å²) in [6, 6.07) is 5.00. The maximum absolute atomic E-state index is 13.1. The molecule has 1 aromatic carbocycles. The van der Waals surface area contributed by atoms with E-state index in [2.05, 4.69) is 13.5 Å². The Labute approximate surface area is 72.7 Å². The van der Waals surface area contributed by atoms with E-state index in [1.165, 1.54) is 12.1 Å². The van der Waals surface area contributed by atoms with Gasteiger partial charge in [-0.05, 0) is 24.5 Å². The van der Waals surface area contributed by atoms with Gasteiger partial charge in [-0.25, -0.2) is 4.39 Å². The topological polar surface area (TPSA) is 0 Å². The van der Waals surface area contributed by atoms with Crippen LogP contribution in [0.15, 0.2) is 24.8 Å². The molecule has 1 unspecified atom stereocenters. The standard InChI is InChI=1S/C11H12F/c1-4-9-10(8(2)3)6-5-7-11(9)12/h4-8H,1-2H2,3H3. The molecule has 63 valence electrons. The maximum Gasteiger partial charge on any atom is 0.130 e. The van der Waals surface area contributed by atoms with Crippen molar-refractivity contribution in [2.75, 3.05) is 0 Å². The minimum atomic E-state index is -0.224. The Balaban J connectivity index is 3.27. The second kappa shape index (κ2) is 3.53. The molecule has 1 atom stereocenters. The molecule has 1 heteroatoms. The summed E-state index contributed by atoms with van der Waals surface area (Å²) in [6.45, 7) is 9.34. The molecule has 1 aromatic rings. The first-order chi connectivity index (χ1) is 5.66. The Hall–Kier alpha value is -1.11. The minimum Gasteiger partial charge on any atom is -0.206 e. The van der Waals surface area contributed by atoms with Crippen LogP contribution in [0.3, 0.4) is 0 Å². The van der Waals surface area contributed by atoms with Crippen LogP contribution in [0.1, 0.15) is 24.0 Å². The largest absolute Gasteiger partial charge is 0.206 e. The summed E-state index contributed by atoms with van der Waals surface area (Å²) >= 11 is 0. The number of halogens is 1. The summed E-state index contributed by atoms with van der Waals surface area (Å²) < 4.78 is 13.1. The van der Waals surface area contributed by atoms with Gasteiger partial charge in [0.15, 0.2) is 0 Å². The zero-order chi connectivity index (χ0) is 9.14. The van der Waals surface area contributed by atoms with Gasteiger partial charge >= 0.3 is 0 Å². The molecule has 0 saturated heterocycles. The third-order valence-electron chi connectivity index (χ3n) is 1.82. The Bertz CT molecular complexity index is 287. The summed E-state index contributed by atoms with van der Waals surface area (Å²) in [6.07, 6.45) is 1.53. The van der Waals surface area contributed by atoms with Gasteiger partial charge in [0.05, 0.1) is 0 Å².